The molecule has 3 nitrogen and oxygen atoms in total. The lowest BCUT2D eigenvalue weighted by Crippen LogP contribution is -2.28. The van der Waals surface area contributed by atoms with Crippen LogP contribution in [-0.4, -0.2) is 18.7 Å². The SMILES string of the molecule is CSc1ccc(C(=O)N2CCc3cc(N)ccc32)cc1. The predicted molar refractivity (Wildman–Crippen MR) is 84.5 cm³/mol. The maximum atomic E-state index is 12.6. The van der Waals surface area contributed by atoms with Crippen LogP contribution < -0.4 is 10.6 Å². The van der Waals surface area contributed by atoms with Crippen molar-refractivity contribution >= 4 is 29.0 Å². The molecule has 0 saturated carbocycles. The van der Waals surface area contributed by atoms with E-state index in [1.807, 2.05) is 53.6 Å². The van der Waals surface area contributed by atoms with Gasteiger partial charge in [0.05, 0.1) is 0 Å². The first-order chi connectivity index (χ1) is 9.69. The summed E-state index contributed by atoms with van der Waals surface area (Å²) < 4.78 is 0. The van der Waals surface area contributed by atoms with Gasteiger partial charge < -0.3 is 10.6 Å². The van der Waals surface area contributed by atoms with Crippen LogP contribution in [0, 0.1) is 0 Å². The largest absolute Gasteiger partial charge is 0.399 e. The molecule has 0 atom stereocenters. The molecule has 1 aliphatic heterocycles. The molecule has 20 heavy (non-hydrogen) atoms. The summed E-state index contributed by atoms with van der Waals surface area (Å²) in [6.07, 6.45) is 2.90. The molecule has 0 aliphatic carbocycles. The van der Waals surface area contributed by atoms with E-state index in [2.05, 4.69) is 0 Å². The van der Waals surface area contributed by atoms with E-state index < -0.39 is 0 Å². The van der Waals surface area contributed by atoms with E-state index in [-0.39, 0.29) is 5.91 Å². The number of anilines is 2. The van der Waals surface area contributed by atoms with Crippen molar-refractivity contribution in [1.82, 2.24) is 0 Å². The molecule has 0 fully saturated rings. The summed E-state index contributed by atoms with van der Waals surface area (Å²) in [6.45, 7) is 0.724. The summed E-state index contributed by atoms with van der Waals surface area (Å²) in [5, 5.41) is 0. The van der Waals surface area contributed by atoms with Crippen molar-refractivity contribution in [3.63, 3.8) is 0 Å². The third-order valence-corrected chi connectivity index (χ3v) is 4.32. The summed E-state index contributed by atoms with van der Waals surface area (Å²) in [6, 6.07) is 13.5. The van der Waals surface area contributed by atoms with Crippen molar-refractivity contribution in [2.75, 3.05) is 23.4 Å². The van der Waals surface area contributed by atoms with Gasteiger partial charge in [0, 0.05) is 28.4 Å². The molecule has 102 valence electrons. The van der Waals surface area contributed by atoms with Gasteiger partial charge in [-0.1, -0.05) is 0 Å². The van der Waals surface area contributed by atoms with Gasteiger partial charge in [0.2, 0.25) is 0 Å². The van der Waals surface area contributed by atoms with Gasteiger partial charge >= 0.3 is 0 Å². The summed E-state index contributed by atoms with van der Waals surface area (Å²) in [7, 11) is 0. The smallest absolute Gasteiger partial charge is 0.258 e. The molecule has 0 spiro atoms. The lowest BCUT2D eigenvalue weighted by Gasteiger charge is -2.17. The van der Waals surface area contributed by atoms with Crippen LogP contribution in [-0.2, 0) is 6.42 Å². The number of carbonyl (C=O) groups excluding carboxylic acids is 1. The topological polar surface area (TPSA) is 46.3 Å². The first kappa shape index (κ1) is 13.1. The van der Waals surface area contributed by atoms with Gasteiger partial charge in [-0.2, -0.15) is 0 Å². The van der Waals surface area contributed by atoms with Crippen molar-refractivity contribution in [2.45, 2.75) is 11.3 Å². The van der Waals surface area contributed by atoms with Gasteiger partial charge in [-0.25, -0.2) is 0 Å². The second kappa shape index (κ2) is 5.21. The molecule has 1 heterocycles. The zero-order valence-electron chi connectivity index (χ0n) is 11.3. The van der Waals surface area contributed by atoms with Crippen LogP contribution in [0.4, 0.5) is 11.4 Å². The highest BCUT2D eigenvalue weighted by molar-refractivity contribution is 7.98. The van der Waals surface area contributed by atoms with Crippen molar-refractivity contribution in [2.24, 2.45) is 0 Å². The van der Waals surface area contributed by atoms with Crippen molar-refractivity contribution in [3.8, 4) is 0 Å². The quantitative estimate of drug-likeness (QED) is 0.680. The van der Waals surface area contributed by atoms with Crippen molar-refractivity contribution < 1.29 is 4.79 Å². The Hall–Kier alpha value is -1.94. The van der Waals surface area contributed by atoms with E-state index in [4.69, 9.17) is 5.73 Å². The highest BCUT2D eigenvalue weighted by atomic mass is 32.2. The Morgan fingerprint density at radius 1 is 1.20 bits per heavy atom. The fourth-order valence-corrected chi connectivity index (χ4v) is 2.93. The minimum Gasteiger partial charge on any atom is -0.399 e. The van der Waals surface area contributed by atoms with Gasteiger partial charge in [0.15, 0.2) is 0 Å². The number of nitrogens with two attached hydrogens (primary N) is 1. The fourth-order valence-electron chi connectivity index (χ4n) is 2.52. The van der Waals surface area contributed by atoms with E-state index in [0.717, 1.165) is 40.4 Å². The third kappa shape index (κ3) is 2.27. The lowest BCUT2D eigenvalue weighted by molar-refractivity contribution is 0.0989. The van der Waals surface area contributed by atoms with Crippen LogP contribution >= 0.6 is 11.8 Å². The maximum Gasteiger partial charge on any atom is 0.258 e. The molecular formula is C16H16N2OS. The Kier molecular flexibility index (Phi) is 3.40. The Morgan fingerprint density at radius 3 is 2.65 bits per heavy atom. The molecule has 2 N–H and O–H groups in total. The van der Waals surface area contributed by atoms with Crippen LogP contribution in [0.1, 0.15) is 15.9 Å². The molecule has 0 radical (unpaired) electrons. The monoisotopic (exact) mass is 284 g/mol. The molecule has 3 rings (SSSR count). The summed E-state index contributed by atoms with van der Waals surface area (Å²) in [5.41, 5.74) is 9.41. The molecular weight excluding hydrogens is 268 g/mol. The molecule has 2 aromatic carbocycles. The van der Waals surface area contributed by atoms with E-state index in [1.54, 1.807) is 11.8 Å². The summed E-state index contributed by atoms with van der Waals surface area (Å²) >= 11 is 1.67. The van der Waals surface area contributed by atoms with Crippen molar-refractivity contribution in [3.05, 3.63) is 53.6 Å². The average molecular weight is 284 g/mol. The van der Waals surface area contributed by atoms with Gasteiger partial charge in [0.1, 0.15) is 0 Å². The number of thioether (sulfide) groups is 1. The minimum atomic E-state index is 0.0566. The number of nitrogens with zero attached hydrogens (tertiary/aromatic N) is 1. The Bertz CT molecular complexity index is 652. The molecule has 0 aromatic heterocycles. The minimum absolute atomic E-state index is 0.0566. The zero-order valence-corrected chi connectivity index (χ0v) is 12.1. The number of hydrogen-bond acceptors (Lipinski definition) is 3. The van der Waals surface area contributed by atoms with Crippen LogP contribution in [0.25, 0.3) is 0 Å². The van der Waals surface area contributed by atoms with Gasteiger partial charge in [0.25, 0.3) is 5.91 Å². The van der Waals surface area contributed by atoms with Crippen LogP contribution in [0.3, 0.4) is 0 Å². The second-order valence-electron chi connectivity index (χ2n) is 4.82. The number of benzene rings is 2. The lowest BCUT2D eigenvalue weighted by atomic mass is 10.1. The fraction of sp³-hybridized carbons (Fsp3) is 0.188. The molecule has 4 heteroatoms. The number of carbonyl (C=O) groups is 1. The highest BCUT2D eigenvalue weighted by Gasteiger charge is 2.25. The molecule has 0 unspecified atom stereocenters. The van der Waals surface area contributed by atoms with Gasteiger partial charge in [-0.3, -0.25) is 4.79 Å². The molecule has 1 aliphatic rings. The molecule has 1 amide bonds. The molecule has 0 bridgehead atoms. The summed E-state index contributed by atoms with van der Waals surface area (Å²) in [4.78, 5) is 15.6. The Morgan fingerprint density at radius 2 is 1.95 bits per heavy atom. The standard InChI is InChI=1S/C16H16N2OS/c1-20-14-5-2-11(3-6-14)16(19)18-9-8-12-10-13(17)4-7-15(12)18/h2-7,10H,8-9,17H2,1H3. The predicted octanol–water partition coefficient (Wildman–Crippen LogP) is 3.19. The Balaban J connectivity index is 1.89. The molecule has 0 saturated heterocycles. The number of hydrogen-bond donors (Lipinski definition) is 1. The van der Waals surface area contributed by atoms with Gasteiger partial charge in [-0.05, 0) is 60.7 Å². The average Bonchev–Trinajstić information content (AvgIpc) is 2.89. The highest BCUT2D eigenvalue weighted by Crippen LogP contribution is 2.31. The van der Waals surface area contributed by atoms with E-state index in [9.17, 15) is 4.79 Å². The molecule has 2 aromatic rings. The number of amides is 1. The van der Waals surface area contributed by atoms with E-state index in [1.165, 1.54) is 0 Å². The van der Waals surface area contributed by atoms with Crippen molar-refractivity contribution in [1.29, 1.82) is 0 Å². The number of fused-ring (bicyclic) bond motifs is 1. The Labute approximate surface area is 122 Å². The third-order valence-electron chi connectivity index (χ3n) is 3.58. The first-order valence-electron chi connectivity index (χ1n) is 6.53. The second-order valence-corrected chi connectivity index (χ2v) is 5.70. The van der Waals surface area contributed by atoms with Crippen LogP contribution in [0.15, 0.2) is 47.4 Å². The van der Waals surface area contributed by atoms with E-state index >= 15 is 0 Å². The zero-order chi connectivity index (χ0) is 14.1. The first-order valence-corrected chi connectivity index (χ1v) is 7.76. The summed E-state index contributed by atoms with van der Waals surface area (Å²) in [5.74, 6) is 0.0566. The number of nitrogen functional groups attached to an aromatic ring is 1. The number of rotatable bonds is 2. The normalized spacial score (nSPS) is 13.3. The van der Waals surface area contributed by atoms with Crippen LogP contribution in [0.5, 0.6) is 0 Å². The van der Waals surface area contributed by atoms with Gasteiger partial charge in [-0.15, -0.1) is 11.8 Å². The van der Waals surface area contributed by atoms with Crippen LogP contribution in [0.2, 0.25) is 0 Å². The maximum absolute atomic E-state index is 12.6. The van der Waals surface area contributed by atoms with E-state index in [0.29, 0.717) is 0 Å².